The fourth-order valence-corrected chi connectivity index (χ4v) is 2.72. The smallest absolute Gasteiger partial charge is 0.175 e. The monoisotopic (exact) mass is 254 g/mol. The zero-order valence-electron chi connectivity index (χ0n) is 10.2. The lowest BCUT2D eigenvalue weighted by atomic mass is 10.2. The Morgan fingerprint density at radius 2 is 1.94 bits per heavy atom. The van der Waals surface area contributed by atoms with Gasteiger partial charge in [-0.1, -0.05) is 0 Å². The summed E-state index contributed by atoms with van der Waals surface area (Å²) in [5, 5.41) is 3.41. The van der Waals surface area contributed by atoms with Crippen LogP contribution >= 0.6 is 0 Å². The number of rotatable bonds is 3. The Bertz CT molecular complexity index is 482. The molecule has 5 heteroatoms. The van der Waals surface area contributed by atoms with Crippen molar-refractivity contribution in [2.24, 2.45) is 0 Å². The van der Waals surface area contributed by atoms with Gasteiger partial charge in [-0.25, -0.2) is 8.42 Å². The summed E-state index contributed by atoms with van der Waals surface area (Å²) in [6, 6.07) is 7.42. The van der Waals surface area contributed by atoms with Crippen molar-refractivity contribution in [3.63, 3.8) is 0 Å². The second-order valence-corrected chi connectivity index (χ2v) is 6.70. The zero-order valence-corrected chi connectivity index (χ0v) is 11.0. The van der Waals surface area contributed by atoms with Gasteiger partial charge in [0.1, 0.15) is 0 Å². The maximum atomic E-state index is 11.3. The van der Waals surface area contributed by atoms with Crippen LogP contribution in [0.5, 0.6) is 0 Å². The quantitative estimate of drug-likeness (QED) is 0.881. The number of nitrogens with zero attached hydrogens (tertiary/aromatic N) is 1. The minimum absolute atomic E-state index is 0.367. The van der Waals surface area contributed by atoms with E-state index in [0.717, 1.165) is 25.2 Å². The molecule has 1 aliphatic heterocycles. The number of hydrogen-bond donors (Lipinski definition) is 1. The minimum Gasteiger partial charge on any atom is -0.381 e. The molecule has 94 valence electrons. The Balaban J connectivity index is 2.04. The standard InChI is InChI=1S/C12H18N2O2S/c1-14-8-7-11(9-14)13-10-3-5-12(6-4-10)17(2,15)16/h3-6,11,13H,7-9H2,1-2H3. The third-order valence-corrected chi connectivity index (χ3v) is 4.17. The zero-order chi connectivity index (χ0) is 12.5. The molecule has 1 atom stereocenters. The van der Waals surface area contributed by atoms with E-state index in [1.807, 2.05) is 12.1 Å². The van der Waals surface area contributed by atoms with Gasteiger partial charge in [0.05, 0.1) is 4.90 Å². The van der Waals surface area contributed by atoms with E-state index in [-0.39, 0.29) is 0 Å². The van der Waals surface area contributed by atoms with Gasteiger partial charge in [0, 0.05) is 24.5 Å². The van der Waals surface area contributed by atoms with E-state index in [0.29, 0.717) is 10.9 Å². The number of likely N-dealkylation sites (tertiary alicyclic amines) is 1. The van der Waals surface area contributed by atoms with E-state index < -0.39 is 9.84 Å². The van der Waals surface area contributed by atoms with Gasteiger partial charge >= 0.3 is 0 Å². The molecule has 1 N–H and O–H groups in total. The number of benzene rings is 1. The van der Waals surface area contributed by atoms with Crippen LogP contribution in [-0.4, -0.2) is 45.8 Å². The average Bonchev–Trinajstić information content (AvgIpc) is 2.63. The van der Waals surface area contributed by atoms with E-state index in [1.54, 1.807) is 12.1 Å². The Labute approximate surface area is 103 Å². The van der Waals surface area contributed by atoms with Crippen molar-refractivity contribution in [3.05, 3.63) is 24.3 Å². The molecular weight excluding hydrogens is 236 g/mol. The van der Waals surface area contributed by atoms with Gasteiger partial charge in [0.2, 0.25) is 0 Å². The van der Waals surface area contributed by atoms with Crippen LogP contribution in [0.4, 0.5) is 5.69 Å². The first kappa shape index (κ1) is 12.4. The number of likely N-dealkylation sites (N-methyl/N-ethyl adjacent to an activating group) is 1. The predicted octanol–water partition coefficient (Wildman–Crippen LogP) is 1.21. The molecule has 2 rings (SSSR count). The average molecular weight is 254 g/mol. The van der Waals surface area contributed by atoms with Crippen molar-refractivity contribution >= 4 is 15.5 Å². The van der Waals surface area contributed by atoms with Gasteiger partial charge in [0.25, 0.3) is 0 Å². The molecule has 0 amide bonds. The molecule has 0 saturated carbocycles. The molecule has 17 heavy (non-hydrogen) atoms. The Kier molecular flexibility index (Phi) is 3.40. The summed E-state index contributed by atoms with van der Waals surface area (Å²) in [6.45, 7) is 2.15. The van der Waals surface area contributed by atoms with Crippen molar-refractivity contribution in [2.75, 3.05) is 31.7 Å². The van der Waals surface area contributed by atoms with Crippen LogP contribution in [0.25, 0.3) is 0 Å². The van der Waals surface area contributed by atoms with Crippen molar-refractivity contribution < 1.29 is 8.42 Å². The van der Waals surface area contributed by atoms with Gasteiger partial charge in [-0.15, -0.1) is 0 Å². The third-order valence-electron chi connectivity index (χ3n) is 3.04. The number of nitrogens with one attached hydrogen (secondary N) is 1. The van der Waals surface area contributed by atoms with Crippen LogP contribution in [0.1, 0.15) is 6.42 Å². The lowest BCUT2D eigenvalue weighted by Gasteiger charge is -2.14. The second kappa shape index (κ2) is 4.66. The molecule has 1 unspecified atom stereocenters. The Morgan fingerprint density at radius 3 is 2.41 bits per heavy atom. The third kappa shape index (κ3) is 3.20. The molecular formula is C12H18N2O2S. The van der Waals surface area contributed by atoms with E-state index in [2.05, 4.69) is 17.3 Å². The van der Waals surface area contributed by atoms with Crippen LogP contribution in [0, 0.1) is 0 Å². The second-order valence-electron chi connectivity index (χ2n) is 4.69. The van der Waals surface area contributed by atoms with E-state index in [9.17, 15) is 8.42 Å². The molecule has 4 nitrogen and oxygen atoms in total. The van der Waals surface area contributed by atoms with Crippen LogP contribution < -0.4 is 5.32 Å². The first-order chi connectivity index (χ1) is 7.95. The fraction of sp³-hybridized carbons (Fsp3) is 0.500. The Morgan fingerprint density at radius 1 is 1.29 bits per heavy atom. The highest BCUT2D eigenvalue weighted by Crippen LogP contribution is 2.17. The topological polar surface area (TPSA) is 49.4 Å². The van der Waals surface area contributed by atoms with Gasteiger partial charge in [0.15, 0.2) is 9.84 Å². The predicted molar refractivity (Wildman–Crippen MR) is 69.1 cm³/mol. The molecule has 1 aliphatic rings. The summed E-state index contributed by atoms with van der Waals surface area (Å²) in [4.78, 5) is 2.65. The molecule has 1 saturated heterocycles. The summed E-state index contributed by atoms with van der Waals surface area (Å²) in [6.07, 6.45) is 2.35. The summed E-state index contributed by atoms with van der Waals surface area (Å²) in [5.41, 5.74) is 0.984. The van der Waals surface area contributed by atoms with E-state index in [4.69, 9.17) is 0 Å². The largest absolute Gasteiger partial charge is 0.381 e. The number of hydrogen-bond acceptors (Lipinski definition) is 4. The minimum atomic E-state index is -3.09. The number of anilines is 1. The number of sulfone groups is 1. The van der Waals surface area contributed by atoms with Crippen LogP contribution in [0.3, 0.4) is 0 Å². The fourth-order valence-electron chi connectivity index (χ4n) is 2.09. The molecule has 0 bridgehead atoms. The molecule has 1 heterocycles. The van der Waals surface area contributed by atoms with Crippen LogP contribution in [0.15, 0.2) is 29.2 Å². The highest BCUT2D eigenvalue weighted by molar-refractivity contribution is 7.90. The maximum Gasteiger partial charge on any atom is 0.175 e. The molecule has 0 aliphatic carbocycles. The Hall–Kier alpha value is -1.07. The van der Waals surface area contributed by atoms with Crippen LogP contribution in [0.2, 0.25) is 0 Å². The summed E-state index contributed by atoms with van der Waals surface area (Å²) in [5.74, 6) is 0. The lowest BCUT2D eigenvalue weighted by Crippen LogP contribution is -2.23. The van der Waals surface area contributed by atoms with Crippen molar-refractivity contribution in [3.8, 4) is 0 Å². The summed E-state index contributed by atoms with van der Waals surface area (Å²) < 4.78 is 22.6. The van der Waals surface area contributed by atoms with Gasteiger partial charge in [-0.3, -0.25) is 0 Å². The highest BCUT2D eigenvalue weighted by Gasteiger charge is 2.18. The summed E-state index contributed by atoms with van der Waals surface area (Å²) >= 11 is 0. The lowest BCUT2D eigenvalue weighted by molar-refractivity contribution is 0.414. The summed E-state index contributed by atoms with van der Waals surface area (Å²) in [7, 11) is -0.986. The SMILES string of the molecule is CN1CCC(Nc2ccc(S(C)(=O)=O)cc2)C1. The van der Waals surface area contributed by atoms with Gasteiger partial charge in [-0.2, -0.15) is 0 Å². The first-order valence-electron chi connectivity index (χ1n) is 5.70. The van der Waals surface area contributed by atoms with E-state index in [1.165, 1.54) is 6.26 Å². The normalized spacial score (nSPS) is 21.6. The molecule has 0 radical (unpaired) electrons. The van der Waals surface area contributed by atoms with Crippen LogP contribution in [-0.2, 0) is 9.84 Å². The van der Waals surface area contributed by atoms with Gasteiger partial charge in [-0.05, 0) is 44.3 Å². The van der Waals surface area contributed by atoms with E-state index >= 15 is 0 Å². The first-order valence-corrected chi connectivity index (χ1v) is 7.59. The molecule has 0 spiro atoms. The molecule has 1 aromatic carbocycles. The highest BCUT2D eigenvalue weighted by atomic mass is 32.2. The maximum absolute atomic E-state index is 11.3. The van der Waals surface area contributed by atoms with Gasteiger partial charge < -0.3 is 10.2 Å². The molecule has 0 aromatic heterocycles. The molecule has 1 fully saturated rings. The van der Waals surface area contributed by atoms with Crippen molar-refractivity contribution in [2.45, 2.75) is 17.4 Å². The molecule has 1 aromatic rings. The van der Waals surface area contributed by atoms with Crippen molar-refractivity contribution in [1.82, 2.24) is 4.90 Å². The van der Waals surface area contributed by atoms with Crippen molar-refractivity contribution in [1.29, 1.82) is 0 Å².